The summed E-state index contributed by atoms with van der Waals surface area (Å²) in [6.07, 6.45) is -0.699. The van der Waals surface area contributed by atoms with E-state index >= 15 is 0 Å². The first-order chi connectivity index (χ1) is 9.02. The van der Waals surface area contributed by atoms with E-state index in [4.69, 9.17) is 14.9 Å². The van der Waals surface area contributed by atoms with Crippen LogP contribution in [0.5, 0.6) is 5.75 Å². The lowest BCUT2D eigenvalue weighted by atomic mass is 10.1. The molecule has 3 N–H and O–H groups in total. The molecule has 106 valence electrons. The molecule has 1 aromatic carbocycles. The number of ether oxygens (including phenoxy) is 1. The summed E-state index contributed by atoms with van der Waals surface area (Å²) in [5, 5.41) is 20.2. The molecule has 1 atom stereocenters. The van der Waals surface area contributed by atoms with Gasteiger partial charge in [-0.05, 0) is 37.1 Å². The predicted molar refractivity (Wildman–Crippen MR) is 72.1 cm³/mol. The summed E-state index contributed by atoms with van der Waals surface area (Å²) in [4.78, 5) is 11.4. The van der Waals surface area contributed by atoms with Crippen molar-refractivity contribution in [2.24, 2.45) is 0 Å². The van der Waals surface area contributed by atoms with Gasteiger partial charge in [-0.1, -0.05) is 6.07 Å². The van der Waals surface area contributed by atoms with Crippen molar-refractivity contribution in [3.63, 3.8) is 0 Å². The van der Waals surface area contributed by atoms with Crippen molar-refractivity contribution >= 4 is 5.91 Å². The lowest BCUT2D eigenvalue weighted by Gasteiger charge is -2.10. The average Bonchev–Trinajstić information content (AvgIpc) is 2.40. The van der Waals surface area contributed by atoms with E-state index in [9.17, 15) is 4.79 Å². The van der Waals surface area contributed by atoms with Crippen molar-refractivity contribution in [1.82, 2.24) is 5.32 Å². The maximum absolute atomic E-state index is 11.4. The number of hydrogen-bond donors (Lipinski definition) is 3. The molecule has 0 saturated heterocycles. The smallest absolute Gasteiger partial charge is 0.223 e. The van der Waals surface area contributed by atoms with E-state index in [-0.39, 0.29) is 32.1 Å². The molecule has 0 spiro atoms. The van der Waals surface area contributed by atoms with Crippen LogP contribution in [-0.4, -0.2) is 42.0 Å². The maximum Gasteiger partial charge on any atom is 0.223 e. The first kappa shape index (κ1) is 15.5. The fourth-order valence-electron chi connectivity index (χ4n) is 1.45. The second-order valence-corrected chi connectivity index (χ2v) is 4.49. The van der Waals surface area contributed by atoms with Crippen LogP contribution in [0.2, 0.25) is 0 Å². The molecule has 1 aromatic rings. The average molecular weight is 267 g/mol. The summed E-state index contributed by atoms with van der Waals surface area (Å²) in [5.74, 6) is 0.530. The van der Waals surface area contributed by atoms with Gasteiger partial charge in [0.2, 0.25) is 5.91 Å². The molecule has 0 aliphatic carbocycles. The number of carbonyl (C=O) groups is 1. The van der Waals surface area contributed by atoms with E-state index in [1.165, 1.54) is 5.56 Å². The van der Waals surface area contributed by atoms with Crippen LogP contribution >= 0.6 is 0 Å². The Hall–Kier alpha value is -1.59. The number of carbonyl (C=O) groups excluding carboxylic acids is 1. The van der Waals surface area contributed by atoms with Crippen molar-refractivity contribution in [2.45, 2.75) is 26.4 Å². The molecule has 19 heavy (non-hydrogen) atoms. The molecule has 0 bridgehead atoms. The molecule has 5 heteroatoms. The van der Waals surface area contributed by atoms with Gasteiger partial charge in [0, 0.05) is 6.54 Å². The first-order valence-electron chi connectivity index (χ1n) is 6.28. The molecule has 0 aliphatic rings. The molecule has 0 radical (unpaired) electrons. The van der Waals surface area contributed by atoms with Crippen molar-refractivity contribution in [2.75, 3.05) is 19.8 Å². The topological polar surface area (TPSA) is 78.8 Å². The third kappa shape index (κ3) is 5.72. The minimum Gasteiger partial charge on any atom is -0.493 e. The number of aliphatic hydroxyl groups is 2. The monoisotopic (exact) mass is 267 g/mol. The third-order valence-corrected chi connectivity index (χ3v) is 2.82. The molecule has 1 unspecified atom stereocenters. The second-order valence-electron chi connectivity index (χ2n) is 4.49. The zero-order valence-corrected chi connectivity index (χ0v) is 11.3. The zero-order valence-electron chi connectivity index (χ0n) is 11.3. The molecular weight excluding hydrogens is 246 g/mol. The van der Waals surface area contributed by atoms with Gasteiger partial charge in [0.1, 0.15) is 5.75 Å². The Balaban J connectivity index is 2.26. The normalized spacial score (nSPS) is 12.0. The van der Waals surface area contributed by atoms with E-state index in [2.05, 4.69) is 5.32 Å². The van der Waals surface area contributed by atoms with Crippen LogP contribution in [0.4, 0.5) is 0 Å². The molecule has 1 rings (SSSR count). The van der Waals surface area contributed by atoms with E-state index in [0.29, 0.717) is 0 Å². The van der Waals surface area contributed by atoms with Crippen LogP contribution in [0.1, 0.15) is 17.5 Å². The number of nitrogens with one attached hydrogen (secondary N) is 1. The molecule has 0 heterocycles. The Morgan fingerprint density at radius 3 is 2.74 bits per heavy atom. The standard InChI is InChI=1S/C14H21NO4/c1-10-3-4-13(7-11(10)2)19-6-5-14(18)15-8-12(17)9-16/h3-4,7,12,16-17H,5-6,8-9H2,1-2H3,(H,15,18). The van der Waals surface area contributed by atoms with Crippen molar-refractivity contribution in [3.8, 4) is 5.75 Å². The largest absolute Gasteiger partial charge is 0.493 e. The van der Waals surface area contributed by atoms with Crippen molar-refractivity contribution in [1.29, 1.82) is 0 Å². The SMILES string of the molecule is Cc1ccc(OCCC(=O)NCC(O)CO)cc1C. The number of amides is 1. The Morgan fingerprint density at radius 2 is 2.11 bits per heavy atom. The fourth-order valence-corrected chi connectivity index (χ4v) is 1.45. The van der Waals surface area contributed by atoms with Crippen LogP contribution in [0.15, 0.2) is 18.2 Å². The van der Waals surface area contributed by atoms with Gasteiger partial charge in [-0.25, -0.2) is 0 Å². The van der Waals surface area contributed by atoms with E-state index in [1.807, 2.05) is 32.0 Å². The van der Waals surface area contributed by atoms with Crippen molar-refractivity contribution in [3.05, 3.63) is 29.3 Å². The highest BCUT2D eigenvalue weighted by molar-refractivity contribution is 5.76. The van der Waals surface area contributed by atoms with Crippen LogP contribution in [0.3, 0.4) is 0 Å². The molecule has 0 aliphatic heterocycles. The molecule has 0 saturated carbocycles. The number of aryl methyl sites for hydroxylation is 2. The second kappa shape index (κ2) is 7.76. The summed E-state index contributed by atoms with van der Waals surface area (Å²) in [6, 6.07) is 5.78. The van der Waals surface area contributed by atoms with Gasteiger partial charge in [0.15, 0.2) is 0 Å². The Kier molecular flexibility index (Phi) is 6.32. The van der Waals surface area contributed by atoms with Gasteiger partial charge in [0.25, 0.3) is 0 Å². The van der Waals surface area contributed by atoms with Crippen LogP contribution < -0.4 is 10.1 Å². The fraction of sp³-hybridized carbons (Fsp3) is 0.500. The molecule has 0 aromatic heterocycles. The van der Waals surface area contributed by atoms with E-state index in [0.717, 1.165) is 11.3 Å². The van der Waals surface area contributed by atoms with Crippen LogP contribution in [-0.2, 0) is 4.79 Å². The Morgan fingerprint density at radius 1 is 1.37 bits per heavy atom. The highest BCUT2D eigenvalue weighted by atomic mass is 16.5. The van der Waals surface area contributed by atoms with Gasteiger partial charge in [-0.2, -0.15) is 0 Å². The van der Waals surface area contributed by atoms with Gasteiger partial charge in [-0.3, -0.25) is 4.79 Å². The van der Waals surface area contributed by atoms with Crippen molar-refractivity contribution < 1.29 is 19.7 Å². The zero-order chi connectivity index (χ0) is 14.3. The minimum atomic E-state index is -0.912. The lowest BCUT2D eigenvalue weighted by Crippen LogP contribution is -2.34. The first-order valence-corrected chi connectivity index (χ1v) is 6.28. The molecule has 5 nitrogen and oxygen atoms in total. The third-order valence-electron chi connectivity index (χ3n) is 2.82. The summed E-state index contributed by atoms with van der Waals surface area (Å²) < 4.78 is 5.47. The summed E-state index contributed by atoms with van der Waals surface area (Å²) in [7, 11) is 0. The quantitative estimate of drug-likeness (QED) is 0.674. The highest BCUT2D eigenvalue weighted by Crippen LogP contribution is 2.16. The Bertz CT molecular complexity index is 420. The molecular formula is C14H21NO4. The predicted octanol–water partition coefficient (Wildman–Crippen LogP) is 0.542. The van der Waals surface area contributed by atoms with Gasteiger partial charge in [0.05, 0.1) is 25.7 Å². The maximum atomic E-state index is 11.4. The highest BCUT2D eigenvalue weighted by Gasteiger charge is 2.06. The summed E-state index contributed by atoms with van der Waals surface area (Å²) in [6.45, 7) is 4.01. The number of rotatable bonds is 7. The number of aliphatic hydroxyl groups excluding tert-OH is 2. The van der Waals surface area contributed by atoms with Gasteiger partial charge in [-0.15, -0.1) is 0 Å². The summed E-state index contributed by atoms with van der Waals surface area (Å²) in [5.41, 5.74) is 2.34. The number of benzene rings is 1. The van der Waals surface area contributed by atoms with Gasteiger partial charge < -0.3 is 20.3 Å². The number of hydrogen-bond acceptors (Lipinski definition) is 4. The van der Waals surface area contributed by atoms with E-state index in [1.54, 1.807) is 0 Å². The Labute approximate surface area is 113 Å². The van der Waals surface area contributed by atoms with Crippen LogP contribution in [0, 0.1) is 13.8 Å². The summed E-state index contributed by atoms with van der Waals surface area (Å²) >= 11 is 0. The lowest BCUT2D eigenvalue weighted by molar-refractivity contribution is -0.122. The van der Waals surface area contributed by atoms with Gasteiger partial charge >= 0.3 is 0 Å². The van der Waals surface area contributed by atoms with E-state index < -0.39 is 6.10 Å². The minimum absolute atomic E-state index is 0.0545. The van der Waals surface area contributed by atoms with Crippen LogP contribution in [0.25, 0.3) is 0 Å². The molecule has 1 amide bonds. The molecule has 0 fully saturated rings.